The number of hydrogen-bond acceptors (Lipinski definition) is 3. The first-order valence-corrected chi connectivity index (χ1v) is 12.2. The van der Waals surface area contributed by atoms with E-state index in [1.54, 1.807) is 0 Å². The number of rotatable bonds is 21. The lowest BCUT2D eigenvalue weighted by atomic mass is 10.1. The van der Waals surface area contributed by atoms with Crippen molar-refractivity contribution >= 4 is 5.91 Å². The Balaban J connectivity index is 3.33. The minimum Gasteiger partial charge on any atom is -0.356 e. The first kappa shape index (κ1) is 27.9. The Hall–Kier alpha value is -1.13. The van der Waals surface area contributed by atoms with Gasteiger partial charge in [-0.15, -0.1) is 0 Å². The van der Waals surface area contributed by atoms with Crippen LogP contribution in [-0.4, -0.2) is 44.0 Å². The van der Waals surface area contributed by atoms with Crippen LogP contribution in [0.5, 0.6) is 0 Å². The minimum absolute atomic E-state index is 0.209. The third-order valence-corrected chi connectivity index (χ3v) is 5.14. The highest BCUT2D eigenvalue weighted by Gasteiger charge is 2.01. The molecule has 29 heavy (non-hydrogen) atoms. The molecule has 0 atom stereocenters. The van der Waals surface area contributed by atoms with Gasteiger partial charge < -0.3 is 16.0 Å². The van der Waals surface area contributed by atoms with Crippen molar-refractivity contribution in [2.24, 2.45) is 5.73 Å². The summed E-state index contributed by atoms with van der Waals surface area (Å²) >= 11 is 0. The third-order valence-electron chi connectivity index (χ3n) is 5.14. The molecule has 170 valence electrons. The quantitative estimate of drug-likeness (QED) is 0.193. The van der Waals surface area contributed by atoms with Gasteiger partial charge in [0.25, 0.3) is 0 Å². The molecule has 4 heteroatoms. The fourth-order valence-electron chi connectivity index (χ4n) is 3.24. The van der Waals surface area contributed by atoms with Crippen LogP contribution < -0.4 is 11.1 Å². The predicted molar refractivity (Wildman–Crippen MR) is 128 cm³/mol. The van der Waals surface area contributed by atoms with E-state index in [4.69, 9.17) is 5.73 Å². The lowest BCUT2D eigenvalue weighted by molar-refractivity contribution is -0.121. The molecule has 3 N–H and O–H groups in total. The van der Waals surface area contributed by atoms with Crippen LogP contribution in [0.4, 0.5) is 0 Å². The Morgan fingerprint density at radius 1 is 0.828 bits per heavy atom. The van der Waals surface area contributed by atoms with Crippen molar-refractivity contribution in [3.8, 4) is 0 Å². The number of unbranched alkanes of at least 4 members (excludes halogenated alkanes) is 8. The molecular formula is C25H49N3O. The summed E-state index contributed by atoms with van der Waals surface area (Å²) in [5.74, 6) is 0.209. The number of amides is 1. The van der Waals surface area contributed by atoms with Crippen molar-refractivity contribution in [3.05, 3.63) is 24.3 Å². The maximum absolute atomic E-state index is 11.8. The van der Waals surface area contributed by atoms with Gasteiger partial charge in [-0.1, -0.05) is 63.3 Å². The lowest BCUT2D eigenvalue weighted by Crippen LogP contribution is -2.29. The Morgan fingerprint density at radius 3 is 2.14 bits per heavy atom. The Labute approximate surface area is 181 Å². The molecule has 0 saturated carbocycles. The molecule has 0 rings (SSSR count). The Morgan fingerprint density at radius 2 is 1.45 bits per heavy atom. The number of nitrogens with zero attached hydrogens (tertiary/aromatic N) is 1. The van der Waals surface area contributed by atoms with Gasteiger partial charge >= 0.3 is 0 Å². The normalized spacial score (nSPS) is 11.9. The second-order valence-electron chi connectivity index (χ2n) is 8.13. The number of carbonyl (C=O) groups excluding carboxylic acids is 1. The molecule has 0 spiro atoms. The zero-order chi connectivity index (χ0) is 21.4. The van der Waals surface area contributed by atoms with E-state index in [9.17, 15) is 4.79 Å². The van der Waals surface area contributed by atoms with Gasteiger partial charge in [-0.05, 0) is 78.0 Å². The monoisotopic (exact) mass is 407 g/mol. The number of allylic oxidation sites excluding steroid dienone is 4. The fraction of sp³-hybridized carbons (Fsp3) is 0.800. The summed E-state index contributed by atoms with van der Waals surface area (Å²) in [6.07, 6.45) is 25.3. The molecule has 0 bridgehead atoms. The molecule has 0 radical (unpaired) electrons. The fourth-order valence-corrected chi connectivity index (χ4v) is 3.24. The SMILES string of the molecule is CCCCC/C=C/C/C=C/CCCCCCCC(=O)NCCCN(C)CCCN. The number of nitrogens with one attached hydrogen (secondary N) is 1. The van der Waals surface area contributed by atoms with Crippen LogP contribution in [0.2, 0.25) is 0 Å². The first-order chi connectivity index (χ1) is 14.2. The van der Waals surface area contributed by atoms with Crippen molar-refractivity contribution < 1.29 is 4.79 Å². The number of carbonyl (C=O) groups is 1. The molecule has 0 aliphatic rings. The molecule has 0 aliphatic heterocycles. The number of hydrogen-bond donors (Lipinski definition) is 2. The summed E-state index contributed by atoms with van der Waals surface area (Å²) in [7, 11) is 2.11. The van der Waals surface area contributed by atoms with Crippen molar-refractivity contribution in [1.82, 2.24) is 10.2 Å². The van der Waals surface area contributed by atoms with Crippen molar-refractivity contribution in [1.29, 1.82) is 0 Å². The second-order valence-corrected chi connectivity index (χ2v) is 8.13. The van der Waals surface area contributed by atoms with Crippen molar-refractivity contribution in [3.63, 3.8) is 0 Å². The highest BCUT2D eigenvalue weighted by molar-refractivity contribution is 5.75. The predicted octanol–water partition coefficient (Wildman–Crippen LogP) is 5.59. The molecule has 0 aromatic carbocycles. The summed E-state index contributed by atoms with van der Waals surface area (Å²) in [5.41, 5.74) is 5.51. The molecule has 0 aromatic rings. The Bertz CT molecular complexity index is 407. The summed E-state index contributed by atoms with van der Waals surface area (Å²) in [5, 5.41) is 3.04. The van der Waals surface area contributed by atoms with Gasteiger partial charge in [0.2, 0.25) is 5.91 Å². The molecule has 0 saturated heterocycles. The molecule has 1 amide bonds. The lowest BCUT2D eigenvalue weighted by Gasteiger charge is -2.15. The molecule has 0 fully saturated rings. The summed E-state index contributed by atoms with van der Waals surface area (Å²) in [6, 6.07) is 0. The first-order valence-electron chi connectivity index (χ1n) is 12.2. The van der Waals surface area contributed by atoms with Gasteiger partial charge in [0.1, 0.15) is 0 Å². The maximum Gasteiger partial charge on any atom is 0.219 e. The van der Waals surface area contributed by atoms with E-state index >= 15 is 0 Å². The molecule has 0 aromatic heterocycles. The molecule has 0 unspecified atom stereocenters. The smallest absolute Gasteiger partial charge is 0.219 e. The van der Waals surface area contributed by atoms with Gasteiger partial charge in [0, 0.05) is 13.0 Å². The van der Waals surface area contributed by atoms with E-state index < -0.39 is 0 Å². The van der Waals surface area contributed by atoms with E-state index in [0.29, 0.717) is 6.42 Å². The molecule has 0 aliphatic carbocycles. The summed E-state index contributed by atoms with van der Waals surface area (Å²) < 4.78 is 0. The highest BCUT2D eigenvalue weighted by Crippen LogP contribution is 2.08. The topological polar surface area (TPSA) is 58.4 Å². The van der Waals surface area contributed by atoms with Gasteiger partial charge in [0.15, 0.2) is 0 Å². The van der Waals surface area contributed by atoms with E-state index in [1.165, 1.54) is 57.8 Å². The average molecular weight is 408 g/mol. The minimum atomic E-state index is 0.209. The highest BCUT2D eigenvalue weighted by atomic mass is 16.1. The van der Waals surface area contributed by atoms with Gasteiger partial charge in [-0.2, -0.15) is 0 Å². The van der Waals surface area contributed by atoms with Crippen LogP contribution in [0.1, 0.15) is 96.8 Å². The molecule has 4 nitrogen and oxygen atoms in total. The largest absolute Gasteiger partial charge is 0.356 e. The van der Waals surface area contributed by atoms with Gasteiger partial charge in [-0.25, -0.2) is 0 Å². The molecule has 0 heterocycles. The van der Waals surface area contributed by atoms with Gasteiger partial charge in [-0.3, -0.25) is 4.79 Å². The van der Waals surface area contributed by atoms with E-state index in [0.717, 1.165) is 51.9 Å². The summed E-state index contributed by atoms with van der Waals surface area (Å²) in [6.45, 7) is 5.83. The van der Waals surface area contributed by atoms with Crippen LogP contribution in [-0.2, 0) is 4.79 Å². The average Bonchev–Trinajstić information content (AvgIpc) is 2.72. The van der Waals surface area contributed by atoms with Crippen LogP contribution in [0.25, 0.3) is 0 Å². The van der Waals surface area contributed by atoms with Crippen molar-refractivity contribution in [2.45, 2.75) is 96.8 Å². The van der Waals surface area contributed by atoms with Gasteiger partial charge in [0.05, 0.1) is 0 Å². The Kier molecular flexibility index (Phi) is 22.2. The second kappa shape index (κ2) is 23.2. The third kappa shape index (κ3) is 23.0. The van der Waals surface area contributed by atoms with Crippen LogP contribution in [0, 0.1) is 0 Å². The standard InChI is InChI=1S/C25H49N3O/c1-3-4-5-6-7-8-9-10-11-12-13-14-15-16-17-20-25(29)27-22-19-24-28(2)23-18-21-26/h7-8,10-11H,3-6,9,12-24,26H2,1-2H3,(H,27,29)/b8-7+,11-10+. The van der Waals surface area contributed by atoms with Crippen LogP contribution >= 0.6 is 0 Å². The molecular weight excluding hydrogens is 358 g/mol. The zero-order valence-electron chi connectivity index (χ0n) is 19.5. The van der Waals surface area contributed by atoms with Crippen molar-refractivity contribution in [2.75, 3.05) is 33.2 Å². The van der Waals surface area contributed by atoms with E-state index in [-0.39, 0.29) is 5.91 Å². The number of nitrogens with two attached hydrogens (primary N) is 1. The van der Waals surface area contributed by atoms with Crippen LogP contribution in [0.3, 0.4) is 0 Å². The van der Waals surface area contributed by atoms with E-state index in [2.05, 4.69) is 48.5 Å². The van der Waals surface area contributed by atoms with E-state index in [1.807, 2.05) is 0 Å². The summed E-state index contributed by atoms with van der Waals surface area (Å²) in [4.78, 5) is 14.1. The zero-order valence-corrected chi connectivity index (χ0v) is 19.5. The maximum atomic E-state index is 11.8. The van der Waals surface area contributed by atoms with Crippen LogP contribution in [0.15, 0.2) is 24.3 Å².